The lowest BCUT2D eigenvalue weighted by Gasteiger charge is -2.24. The van der Waals surface area contributed by atoms with Gasteiger partial charge >= 0.3 is 24.0 Å². The zero-order chi connectivity index (χ0) is 28.1. The smallest absolute Gasteiger partial charge is 0.408 e. The Balaban J connectivity index is 2.81. The van der Waals surface area contributed by atoms with Crippen molar-refractivity contribution >= 4 is 31.4 Å². The third kappa shape index (κ3) is 12.7. The number of amides is 1. The number of rotatable bonds is 14. The Morgan fingerprint density at radius 2 is 1.57 bits per heavy atom. The molecular formula is C25H38NO10P. The number of benzene rings is 1. The molecule has 0 bridgehead atoms. The van der Waals surface area contributed by atoms with Crippen LogP contribution < -0.4 is 5.32 Å². The third-order valence-corrected chi connectivity index (χ3v) is 7.83. The van der Waals surface area contributed by atoms with Crippen molar-refractivity contribution in [1.82, 2.24) is 5.32 Å². The molecule has 3 atom stereocenters. The summed E-state index contributed by atoms with van der Waals surface area (Å²) in [5.74, 6) is -2.80. The predicted molar refractivity (Wildman–Crippen MR) is 135 cm³/mol. The first kappa shape index (κ1) is 32.1. The molecule has 0 heterocycles. The molecule has 1 N–H and O–H groups in total. The highest BCUT2D eigenvalue weighted by atomic mass is 31.2. The number of methoxy groups -OCH3 is 2. The Morgan fingerprint density at radius 1 is 0.946 bits per heavy atom. The highest BCUT2D eigenvalue weighted by Crippen LogP contribution is 2.49. The minimum atomic E-state index is -3.49. The molecule has 11 nitrogen and oxygen atoms in total. The Morgan fingerprint density at radius 3 is 2.11 bits per heavy atom. The summed E-state index contributed by atoms with van der Waals surface area (Å²) in [4.78, 5) is 48.9. The maximum absolute atomic E-state index is 13.5. The van der Waals surface area contributed by atoms with Crippen molar-refractivity contribution in [2.75, 3.05) is 33.7 Å². The van der Waals surface area contributed by atoms with E-state index in [0.717, 1.165) is 12.7 Å². The molecule has 1 unspecified atom stereocenters. The van der Waals surface area contributed by atoms with E-state index < -0.39 is 48.9 Å². The Bertz CT molecular complexity index is 945. The number of nitrogens with one attached hydrogen (secondary N) is 1. The van der Waals surface area contributed by atoms with Crippen LogP contribution in [0.25, 0.3) is 0 Å². The molecule has 0 aliphatic heterocycles. The van der Waals surface area contributed by atoms with E-state index in [2.05, 4.69) is 5.32 Å². The number of alkyl carbamates (subject to hydrolysis) is 1. The van der Waals surface area contributed by atoms with Crippen LogP contribution in [0.3, 0.4) is 0 Å². The second kappa shape index (κ2) is 15.4. The minimum absolute atomic E-state index is 0.00438. The maximum Gasteiger partial charge on any atom is 0.408 e. The van der Waals surface area contributed by atoms with E-state index in [0.29, 0.717) is 0 Å². The molecule has 0 saturated carbocycles. The maximum atomic E-state index is 13.5. The standard InChI is InChI=1S/C25H38NO10P/c1-25(2,3)36-21(27)13-12-19(22(28)32-4)17-37(31,34-6)15-14-20(23(29)33-5)26-24(30)35-16-18-10-8-7-9-11-18/h7-11,19-20H,12-17H2,1-6H3,(H,26,30)/t19-,20-,37?/m0/s1. The zero-order valence-electron chi connectivity index (χ0n) is 22.3. The van der Waals surface area contributed by atoms with E-state index in [1.807, 2.05) is 6.07 Å². The SMILES string of the molecule is COC(=O)[C@@H](CCC(=O)OC(C)(C)C)CP(=O)(CC[C@H](NC(=O)OCc1ccccc1)C(=O)OC)OC. The number of hydrogen-bond donors (Lipinski definition) is 1. The lowest BCUT2D eigenvalue weighted by atomic mass is 10.1. The van der Waals surface area contributed by atoms with Crippen molar-refractivity contribution in [1.29, 1.82) is 0 Å². The van der Waals surface area contributed by atoms with Gasteiger partial charge in [-0.15, -0.1) is 0 Å². The molecule has 1 aromatic rings. The molecule has 0 aliphatic carbocycles. The summed E-state index contributed by atoms with van der Waals surface area (Å²) in [7, 11) is 0.0981. The second-order valence-corrected chi connectivity index (χ2v) is 12.1. The van der Waals surface area contributed by atoms with Crippen LogP contribution in [0.15, 0.2) is 30.3 Å². The molecule has 0 spiro atoms. The molecule has 12 heteroatoms. The highest BCUT2D eigenvalue weighted by molar-refractivity contribution is 7.59. The topological polar surface area (TPSA) is 144 Å². The molecule has 0 fully saturated rings. The van der Waals surface area contributed by atoms with Gasteiger partial charge in [0.2, 0.25) is 7.37 Å². The van der Waals surface area contributed by atoms with Crippen LogP contribution in [0.5, 0.6) is 0 Å². The quantitative estimate of drug-likeness (QED) is 0.210. The summed E-state index contributed by atoms with van der Waals surface area (Å²) in [5.41, 5.74) is 0.0778. The van der Waals surface area contributed by atoms with Crippen LogP contribution in [0.4, 0.5) is 4.79 Å². The van der Waals surface area contributed by atoms with Crippen molar-refractivity contribution in [2.45, 2.75) is 58.3 Å². The molecule has 0 aromatic heterocycles. The lowest BCUT2D eigenvalue weighted by molar-refractivity contribution is -0.155. The second-order valence-electron chi connectivity index (χ2n) is 9.32. The van der Waals surface area contributed by atoms with Crippen molar-refractivity contribution < 1.29 is 47.2 Å². The molecule has 0 aliphatic rings. The molecule has 208 valence electrons. The molecular weight excluding hydrogens is 505 g/mol. The molecule has 0 radical (unpaired) electrons. The summed E-state index contributed by atoms with van der Waals surface area (Å²) < 4.78 is 38.7. The van der Waals surface area contributed by atoms with Gasteiger partial charge in [-0.2, -0.15) is 0 Å². The Hall–Kier alpha value is -2.91. The lowest BCUT2D eigenvalue weighted by Crippen LogP contribution is -2.42. The first-order valence-electron chi connectivity index (χ1n) is 11.8. The van der Waals surface area contributed by atoms with Crippen LogP contribution >= 0.6 is 7.37 Å². The van der Waals surface area contributed by atoms with E-state index in [9.17, 15) is 23.7 Å². The summed E-state index contributed by atoms with van der Waals surface area (Å²) in [6.07, 6.45) is -1.36. The van der Waals surface area contributed by atoms with Crippen LogP contribution in [0.1, 0.15) is 45.6 Å². The Kier molecular flexibility index (Phi) is 13.3. The van der Waals surface area contributed by atoms with Gasteiger partial charge in [0.05, 0.1) is 20.1 Å². The summed E-state index contributed by atoms with van der Waals surface area (Å²) in [5, 5.41) is 2.42. The summed E-state index contributed by atoms with van der Waals surface area (Å²) in [6, 6.07) is 7.82. The minimum Gasteiger partial charge on any atom is -0.469 e. The average molecular weight is 544 g/mol. The molecule has 0 saturated heterocycles. The number of esters is 3. The van der Waals surface area contributed by atoms with Crippen LogP contribution in [0.2, 0.25) is 0 Å². The van der Waals surface area contributed by atoms with E-state index in [4.69, 9.17) is 23.5 Å². The van der Waals surface area contributed by atoms with Gasteiger partial charge in [-0.05, 0) is 39.2 Å². The molecule has 37 heavy (non-hydrogen) atoms. The number of hydrogen-bond acceptors (Lipinski definition) is 10. The van der Waals surface area contributed by atoms with Gasteiger partial charge < -0.3 is 28.8 Å². The van der Waals surface area contributed by atoms with Crippen molar-refractivity contribution in [3.8, 4) is 0 Å². The Labute approximate surface area is 218 Å². The van der Waals surface area contributed by atoms with Gasteiger partial charge in [0.1, 0.15) is 18.2 Å². The van der Waals surface area contributed by atoms with Crippen molar-refractivity contribution in [3.63, 3.8) is 0 Å². The fourth-order valence-corrected chi connectivity index (χ4v) is 5.52. The monoisotopic (exact) mass is 543 g/mol. The first-order valence-corrected chi connectivity index (χ1v) is 13.8. The van der Waals surface area contributed by atoms with Crippen molar-refractivity contribution in [2.24, 2.45) is 5.92 Å². The molecule has 1 rings (SSSR count). The van der Waals surface area contributed by atoms with Crippen LogP contribution in [-0.2, 0) is 49.0 Å². The fraction of sp³-hybridized carbons (Fsp3) is 0.600. The van der Waals surface area contributed by atoms with Crippen LogP contribution in [-0.4, -0.2) is 69.3 Å². The predicted octanol–water partition coefficient (Wildman–Crippen LogP) is 3.68. The first-order chi connectivity index (χ1) is 17.3. The van der Waals surface area contributed by atoms with Gasteiger partial charge in [-0.1, -0.05) is 30.3 Å². The number of ether oxygens (including phenoxy) is 4. The van der Waals surface area contributed by atoms with E-state index in [1.54, 1.807) is 45.0 Å². The van der Waals surface area contributed by atoms with Gasteiger partial charge in [0, 0.05) is 25.9 Å². The van der Waals surface area contributed by atoms with E-state index >= 15 is 0 Å². The third-order valence-electron chi connectivity index (χ3n) is 5.23. The van der Waals surface area contributed by atoms with Gasteiger partial charge in [-0.3, -0.25) is 14.2 Å². The highest BCUT2D eigenvalue weighted by Gasteiger charge is 2.34. The van der Waals surface area contributed by atoms with Crippen LogP contribution in [0, 0.1) is 5.92 Å². The average Bonchev–Trinajstić information content (AvgIpc) is 2.86. The zero-order valence-corrected chi connectivity index (χ0v) is 23.2. The van der Waals surface area contributed by atoms with E-state index in [-0.39, 0.29) is 38.2 Å². The molecule has 1 amide bonds. The van der Waals surface area contributed by atoms with Gasteiger partial charge in [0.15, 0.2) is 0 Å². The fourth-order valence-electron chi connectivity index (χ4n) is 3.35. The largest absolute Gasteiger partial charge is 0.469 e. The van der Waals surface area contributed by atoms with Gasteiger partial charge in [-0.25, -0.2) is 9.59 Å². The number of carbonyl (C=O) groups excluding carboxylic acids is 4. The molecule has 1 aromatic carbocycles. The summed E-state index contributed by atoms with van der Waals surface area (Å²) in [6.45, 7) is 5.18. The van der Waals surface area contributed by atoms with E-state index in [1.165, 1.54) is 14.2 Å². The van der Waals surface area contributed by atoms with Gasteiger partial charge in [0.25, 0.3) is 0 Å². The summed E-state index contributed by atoms with van der Waals surface area (Å²) >= 11 is 0. The van der Waals surface area contributed by atoms with Crippen molar-refractivity contribution in [3.05, 3.63) is 35.9 Å². The normalized spacial score (nSPS) is 14.4. The number of carbonyl (C=O) groups is 4.